The first-order valence-electron chi connectivity index (χ1n) is 16.4. The minimum absolute atomic E-state index is 0.0503. The maximum atomic E-state index is 13.4. The fourth-order valence-electron chi connectivity index (χ4n) is 7.28. The molecule has 1 aliphatic heterocycles. The molecule has 0 saturated heterocycles. The highest BCUT2D eigenvalue weighted by Gasteiger charge is 2.65. The van der Waals surface area contributed by atoms with Gasteiger partial charge in [-0.15, -0.1) is 18.2 Å². The number of phenols is 1. The van der Waals surface area contributed by atoms with Crippen LogP contribution in [0, 0.1) is 17.8 Å². The molecule has 1 heterocycles. The van der Waals surface area contributed by atoms with Crippen LogP contribution in [-0.4, -0.2) is 88.8 Å². The van der Waals surface area contributed by atoms with E-state index in [9.17, 15) is 20.1 Å². The monoisotopic (exact) mass is 662 g/mol. The molecule has 1 fully saturated rings. The Bertz CT molecular complexity index is 1260. The lowest BCUT2D eigenvalue weighted by Gasteiger charge is -2.59. The number of amides is 1. The summed E-state index contributed by atoms with van der Waals surface area (Å²) >= 11 is 5.86. The molecule has 0 bridgehead atoms. The topological polar surface area (TPSA) is 130 Å². The molecule has 46 heavy (non-hydrogen) atoms. The molecule has 10 nitrogen and oxygen atoms in total. The fraction of sp³-hybridized carbons (Fsp3) is 0.657. The number of aromatic hydroxyl groups is 1. The van der Waals surface area contributed by atoms with Crippen LogP contribution in [0.5, 0.6) is 11.5 Å². The third kappa shape index (κ3) is 7.84. The highest BCUT2D eigenvalue weighted by molar-refractivity contribution is 6.18. The SMILES string of the molecule is C=CCOC12Oc3ccc(O)cc3C3C(CCCCO)C(CCCCO)C=C(C(=NOC(C)(C)C)CC1N(C)C(=O)OCCCl)C32. The number of phenolic OH excluding ortho intramolecular Hbond substituents is 1. The Morgan fingerprint density at radius 1 is 1.20 bits per heavy atom. The number of carbonyl (C=O) groups excluding carboxylic acids is 1. The van der Waals surface area contributed by atoms with E-state index in [0.717, 1.165) is 36.8 Å². The van der Waals surface area contributed by atoms with Crippen molar-refractivity contribution < 1.29 is 39.2 Å². The second kappa shape index (κ2) is 15.9. The van der Waals surface area contributed by atoms with E-state index in [4.69, 9.17) is 35.8 Å². The zero-order valence-corrected chi connectivity index (χ0v) is 28.4. The number of fused-ring (bicyclic) bond motifs is 2. The Kier molecular flexibility index (Phi) is 12.4. The number of allylic oxidation sites excluding steroid dienone is 1. The zero-order valence-electron chi connectivity index (χ0n) is 27.6. The molecule has 11 heteroatoms. The molecule has 3 N–H and O–H groups in total. The first kappa shape index (κ1) is 36.1. The minimum Gasteiger partial charge on any atom is -0.508 e. The number of hydrogen-bond acceptors (Lipinski definition) is 9. The van der Waals surface area contributed by atoms with Gasteiger partial charge in [0.05, 0.1) is 24.1 Å². The van der Waals surface area contributed by atoms with Crippen molar-refractivity contribution in [1.29, 1.82) is 0 Å². The summed E-state index contributed by atoms with van der Waals surface area (Å²) in [6, 6.07) is 4.45. The number of aliphatic hydroxyl groups is 2. The number of hydrogen-bond donors (Lipinski definition) is 3. The maximum absolute atomic E-state index is 13.4. The van der Waals surface area contributed by atoms with Crippen LogP contribution in [0.25, 0.3) is 0 Å². The average molecular weight is 663 g/mol. The number of carbonyl (C=O) groups is 1. The van der Waals surface area contributed by atoms with E-state index in [1.54, 1.807) is 31.3 Å². The molecule has 1 aromatic rings. The smallest absolute Gasteiger partial charge is 0.410 e. The summed E-state index contributed by atoms with van der Waals surface area (Å²) in [7, 11) is 1.67. The molecule has 256 valence electrons. The van der Waals surface area contributed by atoms with Gasteiger partial charge in [0.25, 0.3) is 0 Å². The normalized spacial score (nSPS) is 27.6. The van der Waals surface area contributed by atoms with Crippen LogP contribution < -0.4 is 4.74 Å². The van der Waals surface area contributed by atoms with Gasteiger partial charge in [-0.25, -0.2) is 4.79 Å². The fourth-order valence-corrected chi connectivity index (χ4v) is 7.36. The molecule has 1 amide bonds. The second-order valence-corrected chi connectivity index (χ2v) is 13.8. The number of alkyl halides is 1. The van der Waals surface area contributed by atoms with E-state index in [1.807, 2.05) is 20.8 Å². The Morgan fingerprint density at radius 2 is 1.91 bits per heavy atom. The third-order valence-electron chi connectivity index (χ3n) is 9.14. The number of aliphatic hydroxyl groups excluding tert-OH is 2. The largest absolute Gasteiger partial charge is 0.508 e. The van der Waals surface area contributed by atoms with Gasteiger partial charge in [0.2, 0.25) is 5.79 Å². The van der Waals surface area contributed by atoms with E-state index in [-0.39, 0.29) is 62.2 Å². The first-order valence-corrected chi connectivity index (χ1v) is 17.0. The van der Waals surface area contributed by atoms with Crippen LogP contribution in [0.2, 0.25) is 0 Å². The highest BCUT2D eigenvalue weighted by Crippen LogP contribution is 2.61. The Hall–Kier alpha value is -2.79. The molecule has 6 unspecified atom stereocenters. The van der Waals surface area contributed by atoms with Gasteiger partial charge in [-0.2, -0.15) is 0 Å². The number of ether oxygens (including phenoxy) is 3. The molecule has 0 aromatic heterocycles. The number of halogens is 1. The van der Waals surface area contributed by atoms with Gasteiger partial charge < -0.3 is 39.3 Å². The van der Waals surface area contributed by atoms with Gasteiger partial charge in [-0.1, -0.05) is 30.1 Å². The summed E-state index contributed by atoms with van der Waals surface area (Å²) in [4.78, 5) is 21.0. The van der Waals surface area contributed by atoms with Crippen LogP contribution >= 0.6 is 11.6 Å². The van der Waals surface area contributed by atoms with E-state index in [1.165, 1.54) is 4.90 Å². The van der Waals surface area contributed by atoms with E-state index in [2.05, 4.69) is 12.7 Å². The molecule has 1 aromatic carbocycles. The van der Waals surface area contributed by atoms with E-state index >= 15 is 0 Å². The lowest BCUT2D eigenvalue weighted by atomic mass is 9.55. The van der Waals surface area contributed by atoms with Crippen molar-refractivity contribution in [2.24, 2.45) is 22.9 Å². The van der Waals surface area contributed by atoms with Crippen LogP contribution in [0.3, 0.4) is 0 Å². The number of rotatable bonds is 15. The van der Waals surface area contributed by atoms with Gasteiger partial charge in [-0.3, -0.25) is 0 Å². The highest BCUT2D eigenvalue weighted by atomic mass is 35.5. The van der Waals surface area contributed by atoms with Crippen molar-refractivity contribution in [2.45, 2.75) is 89.1 Å². The molecular weight excluding hydrogens is 612 g/mol. The van der Waals surface area contributed by atoms with Crippen LogP contribution in [0.15, 0.2) is 47.7 Å². The van der Waals surface area contributed by atoms with Gasteiger partial charge in [0, 0.05) is 38.2 Å². The number of likely N-dealkylation sites (N-methyl/N-ethyl adjacent to an activating group) is 1. The van der Waals surface area contributed by atoms with Gasteiger partial charge in [0.1, 0.15) is 29.7 Å². The van der Waals surface area contributed by atoms with Gasteiger partial charge in [-0.05, 0) is 82.1 Å². The lowest BCUT2D eigenvalue weighted by Crippen LogP contribution is -2.69. The van der Waals surface area contributed by atoms with Crippen LogP contribution in [0.4, 0.5) is 4.79 Å². The summed E-state index contributed by atoms with van der Waals surface area (Å²) in [6.45, 7) is 10.1. The summed E-state index contributed by atoms with van der Waals surface area (Å²) in [5, 5.41) is 34.8. The zero-order chi connectivity index (χ0) is 33.5. The summed E-state index contributed by atoms with van der Waals surface area (Å²) in [5.41, 5.74) is 1.92. The number of oxime groups is 1. The van der Waals surface area contributed by atoms with Crippen molar-refractivity contribution in [3.63, 3.8) is 0 Å². The molecule has 6 atom stereocenters. The predicted molar refractivity (Wildman–Crippen MR) is 177 cm³/mol. The van der Waals surface area contributed by atoms with Crippen molar-refractivity contribution in [1.82, 2.24) is 4.90 Å². The molecular formula is C35H51ClN2O8. The molecule has 0 spiro atoms. The lowest BCUT2D eigenvalue weighted by molar-refractivity contribution is -0.253. The van der Waals surface area contributed by atoms with Crippen molar-refractivity contribution in [3.8, 4) is 11.5 Å². The summed E-state index contributed by atoms with van der Waals surface area (Å²) < 4.78 is 19.2. The van der Waals surface area contributed by atoms with E-state index in [0.29, 0.717) is 24.3 Å². The quantitative estimate of drug-likeness (QED) is 0.0885. The first-order chi connectivity index (χ1) is 22.0. The van der Waals surface area contributed by atoms with Crippen molar-refractivity contribution in [3.05, 3.63) is 48.1 Å². The molecule has 3 aliphatic rings. The molecule has 0 radical (unpaired) electrons. The average Bonchev–Trinajstić information content (AvgIpc) is 3.02. The molecule has 2 aliphatic carbocycles. The van der Waals surface area contributed by atoms with Crippen molar-refractivity contribution >= 4 is 23.4 Å². The Balaban J connectivity index is 2.00. The Labute approximate surface area is 278 Å². The van der Waals surface area contributed by atoms with Crippen LogP contribution in [-0.2, 0) is 14.3 Å². The molecule has 1 saturated carbocycles. The predicted octanol–water partition coefficient (Wildman–Crippen LogP) is 6.13. The Morgan fingerprint density at radius 3 is 2.57 bits per heavy atom. The van der Waals surface area contributed by atoms with Crippen molar-refractivity contribution in [2.75, 3.05) is 39.4 Å². The third-order valence-corrected chi connectivity index (χ3v) is 9.30. The van der Waals surface area contributed by atoms with Gasteiger partial charge in [0.15, 0.2) is 0 Å². The second-order valence-electron chi connectivity index (χ2n) is 13.4. The summed E-state index contributed by atoms with van der Waals surface area (Å²) in [5.74, 6) is -0.968. The van der Waals surface area contributed by atoms with Crippen LogP contribution in [0.1, 0.15) is 77.2 Å². The maximum Gasteiger partial charge on any atom is 0.410 e. The number of benzene rings is 1. The minimum atomic E-state index is -1.37. The number of nitrogens with zero attached hydrogens (tertiary/aromatic N) is 2. The van der Waals surface area contributed by atoms with Gasteiger partial charge >= 0.3 is 6.09 Å². The van der Waals surface area contributed by atoms with E-state index < -0.39 is 29.4 Å². The molecule has 4 rings (SSSR count). The summed E-state index contributed by atoms with van der Waals surface area (Å²) in [6.07, 6.45) is 8.29. The standard InChI is InChI=1S/C35H51ClN2O8/c1-6-18-44-35-30(38(5)33(42)43-19-15-36)22-28(37-46-34(2,3)4)26-20-23(11-7-9-16-39)25(12-8-10-17-40)31(32(26)35)27-21-24(41)13-14-29(27)45-35/h6,13-14,20-21,23,25,30-32,39-41H,1,7-12,15-19,22H2,2-5H3. The number of unbranched alkanes of at least 4 members (excludes halogenated alkanes) is 2.